The number of carbonyl (C=O) groups excluding carboxylic acids is 1. The Kier molecular flexibility index (Phi) is 7.52. The molecule has 0 aliphatic carbocycles. The van der Waals surface area contributed by atoms with E-state index in [9.17, 15) is 9.59 Å². The molecule has 0 aliphatic heterocycles. The Labute approximate surface area is 235 Å². The lowest BCUT2D eigenvalue weighted by molar-refractivity contribution is 0.0939. The van der Waals surface area contributed by atoms with E-state index in [0.29, 0.717) is 33.7 Å². The summed E-state index contributed by atoms with van der Waals surface area (Å²) in [5, 5.41) is 7.41. The van der Waals surface area contributed by atoms with Crippen molar-refractivity contribution in [1.82, 2.24) is 29.6 Å². The van der Waals surface area contributed by atoms with Crippen molar-refractivity contribution in [2.45, 2.75) is 13.0 Å². The molecule has 0 fully saturated rings. The molecule has 10 heteroatoms. The van der Waals surface area contributed by atoms with E-state index in [4.69, 9.17) is 10.7 Å². The highest BCUT2D eigenvalue weighted by Gasteiger charge is 2.25. The number of carbonyl (C=O) groups is 1. The van der Waals surface area contributed by atoms with Crippen LogP contribution in [0.25, 0.3) is 16.6 Å². The first-order valence-corrected chi connectivity index (χ1v) is 12.7. The van der Waals surface area contributed by atoms with Crippen molar-refractivity contribution in [3.8, 4) is 17.5 Å². The van der Waals surface area contributed by atoms with Gasteiger partial charge in [0.2, 0.25) is 0 Å². The molecular weight excluding hydrogens is 516 g/mol. The highest BCUT2D eigenvalue weighted by Crippen LogP contribution is 2.26. The van der Waals surface area contributed by atoms with E-state index in [1.165, 1.54) is 21.5 Å². The van der Waals surface area contributed by atoms with Gasteiger partial charge in [-0.15, -0.1) is 0 Å². The van der Waals surface area contributed by atoms with Gasteiger partial charge in [0.15, 0.2) is 11.6 Å². The topological polar surface area (TPSA) is 133 Å². The average Bonchev–Trinajstić information content (AvgIpc) is 3.27. The number of pyridine rings is 1. The summed E-state index contributed by atoms with van der Waals surface area (Å²) >= 11 is 0. The quantitative estimate of drug-likeness (QED) is 0.247. The number of fused-ring (bicyclic) bond motifs is 1. The molecular formula is C31H26N8O2. The van der Waals surface area contributed by atoms with Gasteiger partial charge in [0.05, 0.1) is 22.6 Å². The number of nitrogens with zero attached hydrogens (tertiary/aromatic N) is 6. The Balaban J connectivity index is 1.63. The molecule has 3 heterocycles. The molecule has 5 rings (SSSR count). The third-order valence-corrected chi connectivity index (χ3v) is 6.24. The molecule has 3 aromatic heterocycles. The highest BCUT2D eigenvalue weighted by molar-refractivity contribution is 6.03. The smallest absolute Gasteiger partial charge is 0.267 e. The Bertz CT molecular complexity index is 1910. The van der Waals surface area contributed by atoms with Crippen molar-refractivity contribution in [2.75, 3.05) is 5.73 Å². The number of hydrogen-bond donors (Lipinski definition) is 2. The monoisotopic (exact) mass is 542 g/mol. The van der Waals surface area contributed by atoms with E-state index in [2.05, 4.69) is 38.8 Å². The summed E-state index contributed by atoms with van der Waals surface area (Å²) in [6, 6.07) is 19.2. The first kappa shape index (κ1) is 26.8. The van der Waals surface area contributed by atoms with Crippen LogP contribution >= 0.6 is 0 Å². The molecule has 5 aromatic rings. The average molecular weight is 543 g/mol. The van der Waals surface area contributed by atoms with Crippen LogP contribution in [0.3, 0.4) is 0 Å². The molecule has 0 bridgehead atoms. The van der Waals surface area contributed by atoms with Crippen LogP contribution in [0.15, 0.2) is 95.4 Å². The molecule has 202 valence electrons. The van der Waals surface area contributed by atoms with Crippen LogP contribution in [0.1, 0.15) is 40.4 Å². The van der Waals surface area contributed by atoms with Crippen LogP contribution in [-0.2, 0) is 7.05 Å². The van der Waals surface area contributed by atoms with Gasteiger partial charge in [0.1, 0.15) is 17.1 Å². The number of para-hydroxylation sites is 1. The molecule has 2 aromatic carbocycles. The molecule has 3 N–H and O–H groups in total. The molecule has 1 unspecified atom stereocenters. The summed E-state index contributed by atoms with van der Waals surface area (Å²) in [6.07, 6.45) is 4.59. The van der Waals surface area contributed by atoms with Gasteiger partial charge < -0.3 is 11.1 Å². The van der Waals surface area contributed by atoms with Gasteiger partial charge in [-0.2, -0.15) is 5.10 Å². The van der Waals surface area contributed by atoms with Crippen LogP contribution in [0.4, 0.5) is 11.6 Å². The number of nitrogens with two attached hydrogens (primary N) is 1. The third-order valence-electron chi connectivity index (χ3n) is 6.24. The fraction of sp³-hybridized carbons (Fsp3) is 0.0968. The lowest BCUT2D eigenvalue weighted by Gasteiger charge is -2.20. The number of benzene rings is 2. The summed E-state index contributed by atoms with van der Waals surface area (Å²) in [7, 11) is 1.64. The van der Waals surface area contributed by atoms with Crippen LogP contribution in [0.2, 0.25) is 0 Å². The number of aryl methyl sites for hydroxylation is 1. The minimum Gasteiger partial charge on any atom is -0.381 e. The fourth-order valence-corrected chi connectivity index (χ4v) is 4.39. The molecule has 0 spiro atoms. The minimum atomic E-state index is -0.709. The summed E-state index contributed by atoms with van der Waals surface area (Å²) in [4.78, 5) is 40.9. The van der Waals surface area contributed by atoms with Crippen LogP contribution in [0, 0.1) is 11.8 Å². The van der Waals surface area contributed by atoms with Crippen LogP contribution in [-0.4, -0.2) is 36.4 Å². The fourth-order valence-electron chi connectivity index (χ4n) is 4.39. The van der Waals surface area contributed by atoms with Gasteiger partial charge in [-0.25, -0.2) is 19.6 Å². The number of aliphatic imine (C=N–C) groups is 1. The molecule has 0 radical (unpaired) electrons. The number of rotatable bonds is 6. The Hall–Kier alpha value is -5.82. The molecule has 10 nitrogen and oxygen atoms in total. The zero-order valence-corrected chi connectivity index (χ0v) is 22.4. The van der Waals surface area contributed by atoms with Gasteiger partial charge in [-0.05, 0) is 49.2 Å². The number of aromatic nitrogens is 5. The predicted molar refractivity (Wildman–Crippen MR) is 159 cm³/mol. The molecule has 0 saturated heterocycles. The van der Waals surface area contributed by atoms with Gasteiger partial charge in [-0.3, -0.25) is 14.2 Å². The summed E-state index contributed by atoms with van der Waals surface area (Å²) in [5.74, 6) is 6.21. The van der Waals surface area contributed by atoms with E-state index >= 15 is 0 Å². The number of anilines is 1. The molecule has 1 atom stereocenters. The van der Waals surface area contributed by atoms with Crippen molar-refractivity contribution in [3.05, 3.63) is 119 Å². The Morgan fingerprint density at radius 2 is 1.88 bits per heavy atom. The number of nitrogen functional groups attached to an aromatic ring is 1. The van der Waals surface area contributed by atoms with Crippen LogP contribution < -0.4 is 16.6 Å². The van der Waals surface area contributed by atoms with Gasteiger partial charge in [0, 0.05) is 25.0 Å². The molecule has 41 heavy (non-hydrogen) atoms. The second kappa shape index (κ2) is 11.5. The highest BCUT2D eigenvalue weighted by atomic mass is 16.2. The van der Waals surface area contributed by atoms with Gasteiger partial charge >= 0.3 is 0 Å². The van der Waals surface area contributed by atoms with Crippen molar-refractivity contribution in [3.63, 3.8) is 0 Å². The zero-order chi connectivity index (χ0) is 28.9. The maximum absolute atomic E-state index is 14.1. The van der Waals surface area contributed by atoms with Crippen LogP contribution in [0.5, 0.6) is 0 Å². The van der Waals surface area contributed by atoms with E-state index in [1.54, 1.807) is 56.6 Å². The number of amides is 1. The van der Waals surface area contributed by atoms with Gasteiger partial charge in [0.25, 0.3) is 11.5 Å². The zero-order valence-electron chi connectivity index (χ0n) is 22.4. The van der Waals surface area contributed by atoms with Crippen molar-refractivity contribution in [1.29, 1.82) is 0 Å². The van der Waals surface area contributed by atoms with E-state index in [0.717, 1.165) is 0 Å². The lowest BCUT2D eigenvalue weighted by atomic mass is 10.1. The van der Waals surface area contributed by atoms with Crippen molar-refractivity contribution < 1.29 is 4.79 Å². The molecule has 0 saturated carbocycles. The number of nitrogens with one attached hydrogen (secondary N) is 1. The Morgan fingerprint density at radius 3 is 2.61 bits per heavy atom. The minimum absolute atomic E-state index is 0.0245. The lowest BCUT2D eigenvalue weighted by Crippen LogP contribution is -2.33. The van der Waals surface area contributed by atoms with Gasteiger partial charge in [-0.1, -0.05) is 48.9 Å². The standard InChI is InChI=1S/C31H26N8O2/c1-4-18-34-29-26(27(32)37-38(29)3)30(40)35-20(2)28-36-24-15-10-11-21(16-17-22-12-8-9-19-33-22)25(24)31(41)39(28)23-13-6-5-7-14-23/h4-15,18-20H,1H2,2-3H3,(H2,32,37)(H,35,40)/b34-18-. The maximum atomic E-state index is 14.1. The third kappa shape index (κ3) is 5.37. The summed E-state index contributed by atoms with van der Waals surface area (Å²) in [5.41, 5.74) is 7.99. The largest absolute Gasteiger partial charge is 0.381 e. The molecule has 1 amide bonds. The summed E-state index contributed by atoms with van der Waals surface area (Å²) in [6.45, 7) is 5.36. The second-order valence-electron chi connectivity index (χ2n) is 9.03. The summed E-state index contributed by atoms with van der Waals surface area (Å²) < 4.78 is 2.90. The Morgan fingerprint density at radius 1 is 1.10 bits per heavy atom. The second-order valence-corrected chi connectivity index (χ2v) is 9.03. The van der Waals surface area contributed by atoms with Crippen molar-refractivity contribution >= 4 is 34.7 Å². The number of allylic oxidation sites excluding steroid dienone is 1. The SMILES string of the molecule is C=C/C=N\c1c(C(=O)NC(C)c2nc3cccc(C#Cc4ccccn4)c3c(=O)n2-c2ccccc2)c(N)nn1C. The maximum Gasteiger partial charge on any atom is 0.267 e. The molecule has 0 aliphatic rings. The normalized spacial score (nSPS) is 11.7. The van der Waals surface area contributed by atoms with E-state index in [1.807, 2.05) is 30.3 Å². The van der Waals surface area contributed by atoms with E-state index in [-0.39, 0.29) is 22.8 Å². The first-order chi connectivity index (χ1) is 19.9. The first-order valence-electron chi connectivity index (χ1n) is 12.7. The number of hydrogen-bond acceptors (Lipinski definition) is 7. The van der Waals surface area contributed by atoms with Crippen molar-refractivity contribution in [2.24, 2.45) is 12.0 Å². The van der Waals surface area contributed by atoms with E-state index < -0.39 is 11.9 Å². The predicted octanol–water partition coefficient (Wildman–Crippen LogP) is 3.88.